The first kappa shape index (κ1) is 13.1. The molecular weight excluding hydrogens is 280 g/mol. The fraction of sp³-hybridized carbons (Fsp3) is 0.286. The molecule has 0 fully saturated rings. The number of rotatable bonds is 1. The van der Waals surface area contributed by atoms with E-state index in [1.807, 2.05) is 6.34 Å². The lowest BCUT2D eigenvalue weighted by atomic mass is 9.79. The first-order valence-corrected chi connectivity index (χ1v) is 8.58. The zero-order valence-electron chi connectivity index (χ0n) is 13.2. The van der Waals surface area contributed by atoms with E-state index in [1.54, 1.807) is 5.56 Å². The summed E-state index contributed by atoms with van der Waals surface area (Å²) < 4.78 is 0. The lowest BCUT2D eigenvalue weighted by Gasteiger charge is -2.33. The Morgan fingerprint density at radius 2 is 1.96 bits per heavy atom. The van der Waals surface area contributed by atoms with Crippen molar-refractivity contribution in [2.75, 3.05) is 13.1 Å². The first-order chi connectivity index (χ1) is 11.4. The second-order valence-corrected chi connectivity index (χ2v) is 6.67. The molecule has 2 aliphatic carbocycles. The molecule has 2 nitrogen and oxygen atoms in total. The van der Waals surface area contributed by atoms with Crippen LogP contribution in [0.4, 0.5) is 0 Å². The summed E-state index contributed by atoms with van der Waals surface area (Å²) in [6.45, 7) is 1.99. The van der Waals surface area contributed by atoms with E-state index in [-0.39, 0.29) is 0 Å². The number of hydrogen-bond acceptors (Lipinski definition) is 2. The number of hydrogen-bond donors (Lipinski definition) is 0. The van der Waals surface area contributed by atoms with E-state index in [4.69, 9.17) is 0 Å². The summed E-state index contributed by atoms with van der Waals surface area (Å²) in [4.78, 5) is 6.82. The maximum atomic E-state index is 4.41. The van der Waals surface area contributed by atoms with Crippen molar-refractivity contribution in [2.24, 2.45) is 4.99 Å². The van der Waals surface area contributed by atoms with Crippen molar-refractivity contribution in [2.45, 2.75) is 25.3 Å². The van der Waals surface area contributed by atoms with Gasteiger partial charge >= 0.3 is 0 Å². The van der Waals surface area contributed by atoms with Gasteiger partial charge in [-0.05, 0) is 52.6 Å². The number of aliphatic imine (C=N–C) groups is 1. The van der Waals surface area contributed by atoms with Crippen molar-refractivity contribution in [1.82, 2.24) is 4.90 Å². The fourth-order valence-electron chi connectivity index (χ4n) is 4.34. The van der Waals surface area contributed by atoms with Crippen LogP contribution in [0.15, 0.2) is 47.5 Å². The second-order valence-electron chi connectivity index (χ2n) is 6.67. The van der Waals surface area contributed by atoms with Crippen molar-refractivity contribution >= 4 is 12.4 Å². The highest BCUT2D eigenvalue weighted by Gasteiger charge is 2.27. The Morgan fingerprint density at radius 3 is 2.87 bits per heavy atom. The molecule has 0 bridgehead atoms. The van der Waals surface area contributed by atoms with E-state index in [2.05, 4.69) is 58.4 Å². The van der Waals surface area contributed by atoms with E-state index in [9.17, 15) is 0 Å². The van der Waals surface area contributed by atoms with Crippen LogP contribution in [0, 0.1) is 0 Å². The van der Waals surface area contributed by atoms with Crippen molar-refractivity contribution < 1.29 is 0 Å². The van der Waals surface area contributed by atoms with Gasteiger partial charge in [0.2, 0.25) is 0 Å². The van der Waals surface area contributed by atoms with E-state index in [1.165, 1.54) is 27.8 Å². The van der Waals surface area contributed by atoms with Gasteiger partial charge in [-0.3, -0.25) is 4.99 Å². The highest BCUT2D eigenvalue weighted by Crippen LogP contribution is 2.41. The molecule has 0 spiro atoms. The molecule has 0 N–H and O–H groups in total. The van der Waals surface area contributed by atoms with Gasteiger partial charge in [-0.1, -0.05) is 48.6 Å². The fourth-order valence-corrected chi connectivity index (χ4v) is 4.34. The molecule has 3 aliphatic rings. The summed E-state index contributed by atoms with van der Waals surface area (Å²) in [5.41, 5.74) is 8.84. The molecule has 0 amide bonds. The molecule has 1 heterocycles. The summed E-state index contributed by atoms with van der Waals surface area (Å²) in [5.74, 6) is 0. The Kier molecular flexibility index (Phi) is 2.90. The van der Waals surface area contributed by atoms with Gasteiger partial charge in [0.15, 0.2) is 0 Å². The van der Waals surface area contributed by atoms with E-state index in [0.29, 0.717) is 6.04 Å². The Balaban J connectivity index is 1.66. The molecule has 23 heavy (non-hydrogen) atoms. The lowest BCUT2D eigenvalue weighted by Crippen LogP contribution is -2.27. The van der Waals surface area contributed by atoms with Crippen LogP contribution in [0.1, 0.15) is 34.7 Å². The molecule has 0 radical (unpaired) electrons. The molecule has 2 aromatic rings. The Morgan fingerprint density at radius 1 is 1.00 bits per heavy atom. The predicted molar refractivity (Wildman–Crippen MR) is 95.7 cm³/mol. The van der Waals surface area contributed by atoms with Crippen molar-refractivity contribution in [3.05, 3.63) is 64.7 Å². The predicted octanol–water partition coefficient (Wildman–Crippen LogP) is 4.25. The highest BCUT2D eigenvalue weighted by atomic mass is 15.2. The molecular formula is C21H20N2. The Bertz CT molecular complexity index is 832. The first-order valence-electron chi connectivity index (χ1n) is 8.58. The smallest absolute Gasteiger partial charge is 0.0856 e. The van der Waals surface area contributed by atoms with Crippen molar-refractivity contribution in [3.63, 3.8) is 0 Å². The van der Waals surface area contributed by atoms with Gasteiger partial charge in [-0.25, -0.2) is 0 Å². The zero-order chi connectivity index (χ0) is 15.2. The molecule has 0 aromatic heterocycles. The molecule has 114 valence electrons. The SMILES string of the molecule is C1=Cc2c(ccc3c2CCc2ccccc2-3)C(N2C=NCC2)C1. The van der Waals surface area contributed by atoms with Crippen LogP contribution in [-0.2, 0) is 12.8 Å². The summed E-state index contributed by atoms with van der Waals surface area (Å²) in [5, 5.41) is 0. The summed E-state index contributed by atoms with van der Waals surface area (Å²) >= 11 is 0. The number of aryl methyl sites for hydroxylation is 1. The van der Waals surface area contributed by atoms with E-state index in [0.717, 1.165) is 32.4 Å². The van der Waals surface area contributed by atoms with Crippen LogP contribution in [0.5, 0.6) is 0 Å². The highest BCUT2D eigenvalue weighted by molar-refractivity contribution is 5.79. The number of fused-ring (bicyclic) bond motifs is 5. The second kappa shape index (κ2) is 5.09. The third-order valence-corrected chi connectivity index (χ3v) is 5.46. The summed E-state index contributed by atoms with van der Waals surface area (Å²) in [6, 6.07) is 14.0. The molecule has 0 saturated heterocycles. The lowest BCUT2D eigenvalue weighted by molar-refractivity contribution is 0.351. The van der Waals surface area contributed by atoms with E-state index >= 15 is 0 Å². The Labute approximate surface area is 137 Å². The third kappa shape index (κ3) is 1.98. The van der Waals surface area contributed by atoms with Gasteiger partial charge in [-0.15, -0.1) is 0 Å². The largest absolute Gasteiger partial charge is 0.354 e. The van der Waals surface area contributed by atoms with E-state index < -0.39 is 0 Å². The quantitative estimate of drug-likeness (QED) is 0.768. The average molecular weight is 300 g/mol. The van der Waals surface area contributed by atoms with Crippen LogP contribution in [0.25, 0.3) is 17.2 Å². The standard InChI is InChI=1S/C21H20N2/c1-2-5-16-15(4-1)8-9-19-17-6-3-7-21(23-13-12-22-14-23)20(17)11-10-18(16)19/h1-6,10-11,14,21H,7-9,12-13H2. The molecule has 5 rings (SSSR count). The minimum Gasteiger partial charge on any atom is -0.354 e. The maximum absolute atomic E-state index is 4.41. The Hall–Kier alpha value is -2.35. The molecule has 1 aliphatic heterocycles. The van der Waals surface area contributed by atoms with Crippen LogP contribution in [-0.4, -0.2) is 24.3 Å². The van der Waals surface area contributed by atoms with Gasteiger partial charge in [0, 0.05) is 6.54 Å². The van der Waals surface area contributed by atoms with Gasteiger partial charge in [0.05, 0.1) is 18.9 Å². The zero-order valence-corrected chi connectivity index (χ0v) is 13.2. The minimum atomic E-state index is 0.462. The average Bonchev–Trinajstić information content (AvgIpc) is 3.15. The van der Waals surface area contributed by atoms with Gasteiger partial charge < -0.3 is 4.90 Å². The van der Waals surface area contributed by atoms with Crippen LogP contribution in [0.2, 0.25) is 0 Å². The molecule has 2 aromatic carbocycles. The molecule has 1 unspecified atom stereocenters. The monoisotopic (exact) mass is 300 g/mol. The summed E-state index contributed by atoms with van der Waals surface area (Å²) in [7, 11) is 0. The third-order valence-electron chi connectivity index (χ3n) is 5.46. The topological polar surface area (TPSA) is 15.6 Å². The van der Waals surface area contributed by atoms with Crippen LogP contribution >= 0.6 is 0 Å². The van der Waals surface area contributed by atoms with Gasteiger partial charge in [0.25, 0.3) is 0 Å². The van der Waals surface area contributed by atoms with Crippen molar-refractivity contribution in [3.8, 4) is 11.1 Å². The molecule has 0 saturated carbocycles. The van der Waals surface area contributed by atoms with Crippen LogP contribution in [0.3, 0.4) is 0 Å². The van der Waals surface area contributed by atoms with Gasteiger partial charge in [-0.2, -0.15) is 0 Å². The normalized spacial score (nSPS) is 21.0. The van der Waals surface area contributed by atoms with Crippen LogP contribution < -0.4 is 0 Å². The maximum Gasteiger partial charge on any atom is 0.0856 e. The summed E-state index contributed by atoms with van der Waals surface area (Å²) in [6.07, 6.45) is 10.1. The van der Waals surface area contributed by atoms with Gasteiger partial charge in [0.1, 0.15) is 0 Å². The molecule has 1 atom stereocenters. The minimum absolute atomic E-state index is 0.462. The molecule has 2 heteroatoms. The number of nitrogens with zero attached hydrogens (tertiary/aromatic N) is 2. The van der Waals surface area contributed by atoms with Crippen molar-refractivity contribution in [1.29, 1.82) is 0 Å². The number of benzene rings is 2.